The number of aryl methyl sites for hydroxylation is 1. The first-order valence-corrected chi connectivity index (χ1v) is 17.9. The second kappa shape index (κ2) is 11.9. The van der Waals surface area contributed by atoms with Gasteiger partial charge in [-0.1, -0.05) is 31.0 Å². The van der Waals surface area contributed by atoms with Gasteiger partial charge in [0, 0.05) is 29.1 Å². The van der Waals surface area contributed by atoms with Crippen molar-refractivity contribution in [2.45, 2.75) is 88.9 Å². The molecule has 0 aromatic heterocycles. The minimum Gasteiger partial charge on any atom is -0.490 e. The number of aliphatic hydroxyl groups is 1. The number of hydrogen-bond donors (Lipinski definition) is 2. The zero-order valence-electron chi connectivity index (χ0n) is 25.5. The molecule has 6 rings (SSSR count). The topological polar surface area (TPSA) is 95.9 Å². The van der Waals surface area contributed by atoms with Crippen LogP contribution >= 0.6 is 11.6 Å². The van der Waals surface area contributed by atoms with E-state index in [9.17, 15) is 18.3 Å². The molecular formula is C34H45ClN2O5S. The number of anilines is 1. The van der Waals surface area contributed by atoms with Gasteiger partial charge in [0.2, 0.25) is 10.0 Å². The summed E-state index contributed by atoms with van der Waals surface area (Å²) in [6, 6.07) is 11.5. The van der Waals surface area contributed by atoms with Crippen LogP contribution in [0, 0.1) is 23.7 Å². The van der Waals surface area contributed by atoms with Crippen LogP contribution in [-0.4, -0.2) is 50.5 Å². The summed E-state index contributed by atoms with van der Waals surface area (Å²) >= 11 is 6.41. The van der Waals surface area contributed by atoms with Gasteiger partial charge in [0.15, 0.2) is 0 Å². The van der Waals surface area contributed by atoms with Gasteiger partial charge in [0.1, 0.15) is 5.75 Å². The van der Waals surface area contributed by atoms with Gasteiger partial charge < -0.3 is 14.7 Å². The highest BCUT2D eigenvalue weighted by Gasteiger charge is 2.45. The van der Waals surface area contributed by atoms with Crippen LogP contribution in [0.5, 0.6) is 5.75 Å². The number of aliphatic hydroxyl groups excluding tert-OH is 1. The monoisotopic (exact) mass is 628 g/mol. The largest absolute Gasteiger partial charge is 0.490 e. The van der Waals surface area contributed by atoms with Crippen molar-refractivity contribution in [2.24, 2.45) is 23.7 Å². The molecule has 0 saturated heterocycles. The summed E-state index contributed by atoms with van der Waals surface area (Å²) in [7, 11) is -3.88. The number of nitrogens with zero attached hydrogens (tertiary/aromatic N) is 1. The van der Waals surface area contributed by atoms with Crippen LogP contribution in [0.25, 0.3) is 0 Å². The highest BCUT2D eigenvalue weighted by molar-refractivity contribution is 7.90. The number of nitrogens with one attached hydrogen (secondary N) is 1. The lowest BCUT2D eigenvalue weighted by Crippen LogP contribution is -2.49. The van der Waals surface area contributed by atoms with Crippen molar-refractivity contribution < 1.29 is 23.1 Å². The Morgan fingerprint density at radius 1 is 1.09 bits per heavy atom. The first-order valence-electron chi connectivity index (χ1n) is 16.0. The first-order chi connectivity index (χ1) is 20.5. The molecule has 2 aromatic rings. The lowest BCUT2D eigenvalue weighted by atomic mass is 9.64. The summed E-state index contributed by atoms with van der Waals surface area (Å²) < 4.78 is 35.5. The quantitative estimate of drug-likeness (QED) is 0.396. The van der Waals surface area contributed by atoms with Crippen LogP contribution in [-0.2, 0) is 21.9 Å². The summed E-state index contributed by atoms with van der Waals surface area (Å²) in [5.41, 5.74) is 3.45. The molecule has 0 radical (unpaired) electrons. The molecule has 2 aromatic carbocycles. The van der Waals surface area contributed by atoms with Crippen molar-refractivity contribution in [2.75, 3.05) is 24.6 Å². The fraction of sp³-hybridized carbons (Fsp3) is 0.618. The Balaban J connectivity index is 1.42. The predicted octanol–water partition coefficient (Wildman–Crippen LogP) is 6.10. The highest BCUT2D eigenvalue weighted by Crippen LogP contribution is 2.48. The summed E-state index contributed by atoms with van der Waals surface area (Å²) in [5, 5.41) is 10.9. The van der Waals surface area contributed by atoms with Crippen LogP contribution in [0.15, 0.2) is 36.4 Å². The van der Waals surface area contributed by atoms with Gasteiger partial charge in [0.05, 0.1) is 23.6 Å². The molecule has 1 spiro atoms. The summed E-state index contributed by atoms with van der Waals surface area (Å²) in [4.78, 5) is 15.8. The molecule has 2 heterocycles. The number of ether oxygens (including phenoxy) is 1. The Hall–Kier alpha value is -2.29. The number of sulfonamides is 1. The molecule has 9 heteroatoms. The van der Waals surface area contributed by atoms with Gasteiger partial charge in [-0.3, -0.25) is 4.79 Å². The third-order valence-corrected chi connectivity index (χ3v) is 13.3. The lowest BCUT2D eigenvalue weighted by molar-refractivity contribution is 0.0112. The van der Waals surface area contributed by atoms with Crippen molar-refractivity contribution in [3.8, 4) is 5.75 Å². The number of fused-ring (bicyclic) bond motifs is 4. The van der Waals surface area contributed by atoms with Crippen LogP contribution in [0.2, 0.25) is 5.02 Å². The van der Waals surface area contributed by atoms with E-state index in [-0.39, 0.29) is 17.3 Å². The van der Waals surface area contributed by atoms with E-state index in [1.54, 1.807) is 13.0 Å². The Morgan fingerprint density at radius 3 is 2.65 bits per heavy atom. The molecular weight excluding hydrogens is 584 g/mol. The average Bonchev–Trinajstić information content (AvgIpc) is 3.10. The Kier molecular flexibility index (Phi) is 8.50. The van der Waals surface area contributed by atoms with Crippen molar-refractivity contribution in [3.63, 3.8) is 0 Å². The van der Waals surface area contributed by atoms with Crippen LogP contribution in [0.1, 0.15) is 87.2 Å². The molecule has 1 fully saturated rings. The molecule has 2 N–H and O–H groups in total. The average molecular weight is 629 g/mol. The van der Waals surface area contributed by atoms with E-state index in [4.69, 9.17) is 16.3 Å². The van der Waals surface area contributed by atoms with E-state index >= 15 is 0 Å². The minimum absolute atomic E-state index is 0.120. The van der Waals surface area contributed by atoms with E-state index < -0.39 is 27.3 Å². The number of benzene rings is 2. The molecule has 234 valence electrons. The molecule has 1 saturated carbocycles. The second-order valence-corrected chi connectivity index (χ2v) is 16.3. The maximum absolute atomic E-state index is 13.4. The molecule has 7 atom stereocenters. The van der Waals surface area contributed by atoms with Crippen LogP contribution in [0.3, 0.4) is 0 Å². The molecule has 7 nitrogen and oxygen atoms in total. The van der Waals surface area contributed by atoms with Gasteiger partial charge in [-0.05, 0) is 124 Å². The third kappa shape index (κ3) is 5.91. The number of hydrogen-bond acceptors (Lipinski definition) is 6. The van der Waals surface area contributed by atoms with E-state index in [1.807, 2.05) is 32.0 Å². The summed E-state index contributed by atoms with van der Waals surface area (Å²) in [5.74, 6) is 0.968. The normalized spacial score (nSPS) is 33.2. The Labute approximate surface area is 261 Å². The van der Waals surface area contributed by atoms with Gasteiger partial charge >= 0.3 is 0 Å². The fourth-order valence-electron chi connectivity index (χ4n) is 8.23. The van der Waals surface area contributed by atoms with E-state index in [0.717, 1.165) is 75.2 Å². The fourth-order valence-corrected chi connectivity index (χ4v) is 9.74. The SMILES string of the molecule is C[C@@H]1[C@@H](C)CCC[C@H]([C@@H](C)O)[C@@H]2CC[C@H]2CN2C[C@@]3(CCCc4cc(Cl)ccc43)COc3ccc(cc32)C(=O)NS1(=O)=O. The maximum atomic E-state index is 13.4. The zero-order valence-corrected chi connectivity index (χ0v) is 27.1. The predicted molar refractivity (Wildman–Crippen MR) is 170 cm³/mol. The Morgan fingerprint density at radius 2 is 1.91 bits per heavy atom. The maximum Gasteiger partial charge on any atom is 0.264 e. The smallest absolute Gasteiger partial charge is 0.264 e. The Bertz CT molecular complexity index is 1480. The van der Waals surface area contributed by atoms with Crippen molar-refractivity contribution in [3.05, 3.63) is 58.1 Å². The standard InChI is InChI=1S/C34H45ClN2O5S/c1-21-6-4-8-28(22(2)38)29-12-9-26(29)18-37-19-34(15-5-7-24-16-27(35)11-13-30(24)34)20-42-32-14-10-25(17-31(32)37)33(39)36-43(40,41)23(21)3/h10-11,13-14,16-17,21-23,26,28-29,38H,4-9,12,15,18-20H2,1-3H3,(H,36,39)/t21-,22+,23+,26-,28+,29+,34-/m0/s1. The van der Waals surface area contributed by atoms with Crippen molar-refractivity contribution in [1.82, 2.24) is 4.72 Å². The molecule has 2 bridgehead atoms. The molecule has 2 aliphatic heterocycles. The van der Waals surface area contributed by atoms with Gasteiger partial charge in [-0.2, -0.15) is 0 Å². The number of carbonyl (C=O) groups is 1. The molecule has 1 amide bonds. The summed E-state index contributed by atoms with van der Waals surface area (Å²) in [6.45, 7) is 7.57. The van der Waals surface area contributed by atoms with Crippen LogP contribution in [0.4, 0.5) is 5.69 Å². The molecule has 43 heavy (non-hydrogen) atoms. The van der Waals surface area contributed by atoms with E-state index in [1.165, 1.54) is 11.1 Å². The number of carbonyl (C=O) groups excluding carboxylic acids is 1. The first kappa shape index (κ1) is 30.7. The van der Waals surface area contributed by atoms with Crippen LogP contribution < -0.4 is 14.4 Å². The highest BCUT2D eigenvalue weighted by atomic mass is 35.5. The third-order valence-electron chi connectivity index (χ3n) is 11.1. The number of halogens is 1. The molecule has 4 aliphatic rings. The van der Waals surface area contributed by atoms with Crippen molar-refractivity contribution in [1.29, 1.82) is 0 Å². The van der Waals surface area contributed by atoms with Gasteiger partial charge in [0.25, 0.3) is 5.91 Å². The molecule has 0 unspecified atom stereocenters. The van der Waals surface area contributed by atoms with E-state index in [0.29, 0.717) is 29.8 Å². The number of amides is 1. The van der Waals surface area contributed by atoms with Gasteiger partial charge in [-0.25, -0.2) is 13.1 Å². The van der Waals surface area contributed by atoms with Crippen molar-refractivity contribution >= 4 is 33.2 Å². The molecule has 2 aliphatic carbocycles. The lowest BCUT2D eigenvalue weighted by Gasteiger charge is -2.47. The minimum atomic E-state index is -3.88. The summed E-state index contributed by atoms with van der Waals surface area (Å²) in [6.07, 6.45) is 7.22. The number of rotatable bonds is 1. The van der Waals surface area contributed by atoms with Gasteiger partial charge in [-0.15, -0.1) is 0 Å². The second-order valence-electron chi connectivity index (χ2n) is 13.8. The van der Waals surface area contributed by atoms with E-state index in [2.05, 4.69) is 21.8 Å². The zero-order chi connectivity index (χ0) is 30.5.